The molecule has 0 aliphatic carbocycles. The van der Waals surface area contributed by atoms with Gasteiger partial charge >= 0.3 is 0 Å². The van der Waals surface area contributed by atoms with Crippen molar-refractivity contribution in [2.45, 2.75) is 6.92 Å². The summed E-state index contributed by atoms with van der Waals surface area (Å²) < 4.78 is 0. The Morgan fingerprint density at radius 3 is 2.83 bits per heavy atom. The molecule has 0 fully saturated rings. The highest BCUT2D eigenvalue weighted by atomic mass is 35.5. The van der Waals surface area contributed by atoms with Crippen LogP contribution in [0.5, 0.6) is 0 Å². The lowest BCUT2D eigenvalue weighted by Gasteiger charge is -2.06. The van der Waals surface area contributed by atoms with Gasteiger partial charge in [-0.2, -0.15) is 4.98 Å². The quantitative estimate of drug-likeness (QED) is 0.694. The van der Waals surface area contributed by atoms with E-state index in [4.69, 9.17) is 11.6 Å². The van der Waals surface area contributed by atoms with E-state index in [-0.39, 0.29) is 5.28 Å². The number of halogens is 1. The number of aryl methyl sites for hydroxylation is 1. The van der Waals surface area contributed by atoms with Crippen LogP contribution in [0.3, 0.4) is 0 Å². The third kappa shape index (κ3) is 2.00. The van der Waals surface area contributed by atoms with Crippen LogP contribution in [-0.4, -0.2) is 19.9 Å². The van der Waals surface area contributed by atoms with Crippen molar-refractivity contribution in [1.29, 1.82) is 0 Å². The maximum Gasteiger partial charge on any atom is 0.224 e. The molecular weight excluding hydrogens is 250 g/mol. The number of para-hydroxylation sites is 1. The SMILES string of the molecule is Cc1ncc(Nc2nc(Cl)nc3ccccc23)[nH]1. The third-order valence-corrected chi connectivity index (χ3v) is 2.70. The van der Waals surface area contributed by atoms with Crippen LogP contribution in [0.1, 0.15) is 5.82 Å². The zero-order valence-electron chi connectivity index (χ0n) is 9.61. The summed E-state index contributed by atoms with van der Waals surface area (Å²) in [6, 6.07) is 7.68. The number of anilines is 2. The zero-order chi connectivity index (χ0) is 12.5. The molecule has 5 nitrogen and oxygen atoms in total. The predicted molar refractivity (Wildman–Crippen MR) is 71.2 cm³/mol. The first-order valence-corrected chi connectivity index (χ1v) is 5.81. The Bertz CT molecular complexity index is 707. The molecule has 0 aliphatic heterocycles. The fourth-order valence-corrected chi connectivity index (χ4v) is 1.93. The summed E-state index contributed by atoms with van der Waals surface area (Å²) in [5.74, 6) is 2.27. The number of benzene rings is 1. The number of aromatic nitrogens is 4. The zero-order valence-corrected chi connectivity index (χ0v) is 10.4. The molecule has 0 radical (unpaired) electrons. The molecule has 0 saturated heterocycles. The van der Waals surface area contributed by atoms with Gasteiger partial charge in [0.2, 0.25) is 5.28 Å². The summed E-state index contributed by atoms with van der Waals surface area (Å²) in [4.78, 5) is 15.6. The number of rotatable bonds is 2. The molecule has 3 rings (SSSR count). The molecule has 0 bridgehead atoms. The molecule has 0 amide bonds. The summed E-state index contributed by atoms with van der Waals surface area (Å²) in [5, 5.41) is 4.28. The van der Waals surface area contributed by atoms with Crippen LogP contribution in [0.2, 0.25) is 5.28 Å². The van der Waals surface area contributed by atoms with Gasteiger partial charge in [0.25, 0.3) is 0 Å². The largest absolute Gasteiger partial charge is 0.329 e. The van der Waals surface area contributed by atoms with Crippen molar-refractivity contribution in [3.8, 4) is 0 Å². The fourth-order valence-electron chi connectivity index (χ4n) is 1.76. The summed E-state index contributed by atoms with van der Waals surface area (Å²) in [7, 11) is 0. The lowest BCUT2D eigenvalue weighted by atomic mass is 10.2. The molecular formula is C12H10ClN5. The average Bonchev–Trinajstić information content (AvgIpc) is 2.74. The normalized spacial score (nSPS) is 10.8. The molecule has 2 heterocycles. The highest BCUT2D eigenvalue weighted by Crippen LogP contribution is 2.24. The highest BCUT2D eigenvalue weighted by molar-refractivity contribution is 6.28. The van der Waals surface area contributed by atoms with Crippen LogP contribution in [0.4, 0.5) is 11.6 Å². The summed E-state index contributed by atoms with van der Waals surface area (Å²) in [5.41, 5.74) is 0.802. The van der Waals surface area contributed by atoms with E-state index in [1.807, 2.05) is 31.2 Å². The molecule has 6 heteroatoms. The molecule has 0 aliphatic rings. The van der Waals surface area contributed by atoms with E-state index in [9.17, 15) is 0 Å². The Morgan fingerprint density at radius 1 is 1.22 bits per heavy atom. The van der Waals surface area contributed by atoms with Gasteiger partial charge in [-0.15, -0.1) is 0 Å². The van der Waals surface area contributed by atoms with Gasteiger partial charge in [0.05, 0.1) is 11.7 Å². The van der Waals surface area contributed by atoms with Gasteiger partial charge in [0.1, 0.15) is 17.5 Å². The van der Waals surface area contributed by atoms with E-state index in [1.165, 1.54) is 0 Å². The highest BCUT2D eigenvalue weighted by Gasteiger charge is 2.07. The smallest absolute Gasteiger partial charge is 0.224 e. The van der Waals surface area contributed by atoms with Gasteiger partial charge < -0.3 is 10.3 Å². The number of hydrogen-bond acceptors (Lipinski definition) is 4. The Labute approximate surface area is 108 Å². The van der Waals surface area contributed by atoms with Crippen LogP contribution < -0.4 is 5.32 Å². The first-order chi connectivity index (χ1) is 8.72. The number of fused-ring (bicyclic) bond motifs is 1. The van der Waals surface area contributed by atoms with Crippen molar-refractivity contribution in [3.63, 3.8) is 0 Å². The third-order valence-electron chi connectivity index (χ3n) is 2.53. The van der Waals surface area contributed by atoms with Crippen LogP contribution in [0.15, 0.2) is 30.5 Å². The Kier molecular flexibility index (Phi) is 2.60. The Hall–Kier alpha value is -2.14. The summed E-state index contributed by atoms with van der Waals surface area (Å²) >= 11 is 5.91. The molecule has 2 aromatic heterocycles. The monoisotopic (exact) mass is 259 g/mol. The number of H-pyrrole nitrogens is 1. The molecule has 3 aromatic rings. The Morgan fingerprint density at radius 2 is 2.06 bits per heavy atom. The molecule has 90 valence electrons. The molecule has 0 spiro atoms. The van der Waals surface area contributed by atoms with E-state index in [1.54, 1.807) is 6.20 Å². The van der Waals surface area contributed by atoms with Crippen molar-refractivity contribution in [3.05, 3.63) is 41.6 Å². The second-order valence-electron chi connectivity index (χ2n) is 3.87. The Balaban J connectivity index is 2.10. The van der Waals surface area contributed by atoms with Crippen LogP contribution in [0, 0.1) is 6.92 Å². The first kappa shape index (κ1) is 11.0. The summed E-state index contributed by atoms with van der Waals surface area (Å²) in [6.07, 6.45) is 1.71. The standard InChI is InChI=1S/C12H10ClN5/c1-7-14-6-10(15-7)17-11-8-4-2-3-5-9(8)16-12(13)18-11/h2-6H,1H3,(H,14,15)(H,16,17,18). The second-order valence-corrected chi connectivity index (χ2v) is 4.20. The van der Waals surface area contributed by atoms with Gasteiger partial charge in [-0.3, -0.25) is 0 Å². The maximum absolute atomic E-state index is 5.91. The van der Waals surface area contributed by atoms with E-state index >= 15 is 0 Å². The second kappa shape index (κ2) is 4.27. The topological polar surface area (TPSA) is 66.5 Å². The molecule has 18 heavy (non-hydrogen) atoms. The molecule has 1 aromatic carbocycles. The van der Waals surface area contributed by atoms with Gasteiger partial charge in [0.15, 0.2) is 0 Å². The number of hydrogen-bond donors (Lipinski definition) is 2. The maximum atomic E-state index is 5.91. The van der Waals surface area contributed by atoms with Crippen molar-refractivity contribution >= 4 is 34.1 Å². The van der Waals surface area contributed by atoms with E-state index in [0.717, 1.165) is 22.5 Å². The minimum absolute atomic E-state index is 0.215. The molecule has 0 atom stereocenters. The van der Waals surface area contributed by atoms with Crippen molar-refractivity contribution in [1.82, 2.24) is 19.9 Å². The lowest BCUT2D eigenvalue weighted by molar-refractivity contribution is 1.15. The van der Waals surface area contributed by atoms with Crippen LogP contribution >= 0.6 is 11.6 Å². The van der Waals surface area contributed by atoms with Crippen LogP contribution in [0.25, 0.3) is 10.9 Å². The molecule has 2 N–H and O–H groups in total. The number of nitrogens with zero attached hydrogens (tertiary/aromatic N) is 3. The van der Waals surface area contributed by atoms with E-state index in [2.05, 4.69) is 25.3 Å². The van der Waals surface area contributed by atoms with Gasteiger partial charge in [-0.25, -0.2) is 9.97 Å². The number of aromatic amines is 1. The predicted octanol–water partition coefficient (Wildman–Crippen LogP) is 3.06. The summed E-state index contributed by atoms with van der Waals surface area (Å²) in [6.45, 7) is 1.89. The molecule has 0 saturated carbocycles. The van der Waals surface area contributed by atoms with Crippen molar-refractivity contribution < 1.29 is 0 Å². The van der Waals surface area contributed by atoms with Crippen molar-refractivity contribution in [2.24, 2.45) is 0 Å². The first-order valence-electron chi connectivity index (χ1n) is 5.43. The lowest BCUT2D eigenvalue weighted by Crippen LogP contribution is -1.97. The average molecular weight is 260 g/mol. The van der Waals surface area contributed by atoms with E-state index in [0.29, 0.717) is 5.82 Å². The number of nitrogens with one attached hydrogen (secondary N) is 2. The molecule has 0 unspecified atom stereocenters. The fraction of sp³-hybridized carbons (Fsp3) is 0.0833. The number of imidazole rings is 1. The van der Waals surface area contributed by atoms with Gasteiger partial charge in [-0.05, 0) is 30.7 Å². The van der Waals surface area contributed by atoms with Crippen molar-refractivity contribution in [2.75, 3.05) is 5.32 Å². The van der Waals surface area contributed by atoms with Crippen LogP contribution in [-0.2, 0) is 0 Å². The van der Waals surface area contributed by atoms with Gasteiger partial charge in [0, 0.05) is 5.39 Å². The van der Waals surface area contributed by atoms with Gasteiger partial charge in [-0.1, -0.05) is 12.1 Å². The minimum atomic E-state index is 0.215. The van der Waals surface area contributed by atoms with E-state index < -0.39 is 0 Å². The minimum Gasteiger partial charge on any atom is -0.329 e.